The van der Waals surface area contributed by atoms with Gasteiger partial charge in [-0.05, 0) is 87.1 Å². The Bertz CT molecular complexity index is 790. The Morgan fingerprint density at radius 3 is 2.56 bits per heavy atom. The van der Waals surface area contributed by atoms with Crippen LogP contribution in [0.4, 0.5) is 4.39 Å². The zero-order chi connectivity index (χ0) is 17.6. The highest BCUT2D eigenvalue weighted by Gasteiger charge is 2.44. The fourth-order valence-electron chi connectivity index (χ4n) is 4.98. The first kappa shape index (κ1) is 16.5. The summed E-state index contributed by atoms with van der Waals surface area (Å²) in [7, 11) is 0. The van der Waals surface area contributed by atoms with Crippen LogP contribution < -0.4 is 5.32 Å². The second kappa shape index (κ2) is 6.40. The maximum absolute atomic E-state index is 13.7. The van der Waals surface area contributed by atoms with Gasteiger partial charge in [0, 0.05) is 23.5 Å². The number of nitrogens with one attached hydrogen (secondary N) is 1. The van der Waals surface area contributed by atoms with Crippen LogP contribution in [0.25, 0.3) is 10.9 Å². The third kappa shape index (κ3) is 3.14. The van der Waals surface area contributed by atoms with Gasteiger partial charge in [-0.1, -0.05) is 0 Å². The third-order valence-corrected chi connectivity index (χ3v) is 5.99. The molecular formula is C21H25FN2O. The highest BCUT2D eigenvalue weighted by molar-refractivity contribution is 5.82. The normalized spacial score (nSPS) is 28.5. The number of fused-ring (bicyclic) bond motifs is 2. The highest BCUT2D eigenvalue weighted by Crippen LogP contribution is 2.53. The quantitative estimate of drug-likeness (QED) is 0.899. The molecule has 2 aliphatic carbocycles. The number of nitrogens with zero attached hydrogens (tertiary/aromatic N) is 1. The summed E-state index contributed by atoms with van der Waals surface area (Å²) in [4.78, 5) is 16.7. The van der Waals surface area contributed by atoms with Gasteiger partial charge in [0.15, 0.2) is 0 Å². The Morgan fingerprint density at radius 2 is 1.88 bits per heavy atom. The molecule has 1 heterocycles. The van der Waals surface area contributed by atoms with Gasteiger partial charge >= 0.3 is 0 Å². The summed E-state index contributed by atoms with van der Waals surface area (Å²) in [5.74, 6) is 1.87. The lowest BCUT2D eigenvalue weighted by Crippen LogP contribution is -2.34. The van der Waals surface area contributed by atoms with E-state index in [-0.39, 0.29) is 23.7 Å². The third-order valence-electron chi connectivity index (χ3n) is 5.99. The molecule has 0 radical (unpaired) electrons. The molecule has 2 aliphatic rings. The number of amides is 1. The van der Waals surface area contributed by atoms with Crippen LogP contribution >= 0.6 is 0 Å². The van der Waals surface area contributed by atoms with Gasteiger partial charge < -0.3 is 5.32 Å². The lowest BCUT2D eigenvalue weighted by molar-refractivity contribution is -0.125. The van der Waals surface area contributed by atoms with Gasteiger partial charge in [0.25, 0.3) is 0 Å². The SMILES string of the molecule is CC(C)NC(=O)C1CC2CC(c3ccnc4ccc(F)cc34)CC2C1. The van der Waals surface area contributed by atoms with Gasteiger partial charge in [-0.15, -0.1) is 0 Å². The van der Waals surface area contributed by atoms with Crippen molar-refractivity contribution in [2.75, 3.05) is 0 Å². The molecule has 0 bridgehead atoms. The Morgan fingerprint density at radius 1 is 1.16 bits per heavy atom. The van der Waals surface area contributed by atoms with Crippen molar-refractivity contribution in [1.82, 2.24) is 10.3 Å². The van der Waals surface area contributed by atoms with Gasteiger partial charge in [-0.2, -0.15) is 0 Å². The number of hydrogen-bond donors (Lipinski definition) is 1. The maximum atomic E-state index is 13.7. The summed E-state index contributed by atoms with van der Waals surface area (Å²) in [6, 6.07) is 7.11. The first-order chi connectivity index (χ1) is 12.0. The van der Waals surface area contributed by atoms with Crippen molar-refractivity contribution < 1.29 is 9.18 Å². The fourth-order valence-corrected chi connectivity index (χ4v) is 4.98. The molecule has 2 unspecified atom stereocenters. The van der Waals surface area contributed by atoms with Gasteiger partial charge in [0.05, 0.1) is 5.52 Å². The highest BCUT2D eigenvalue weighted by atomic mass is 19.1. The summed E-state index contributed by atoms with van der Waals surface area (Å²) in [5, 5.41) is 4.00. The minimum Gasteiger partial charge on any atom is -0.354 e. The smallest absolute Gasteiger partial charge is 0.223 e. The summed E-state index contributed by atoms with van der Waals surface area (Å²) < 4.78 is 13.7. The molecule has 25 heavy (non-hydrogen) atoms. The lowest BCUT2D eigenvalue weighted by atomic mass is 9.90. The van der Waals surface area contributed by atoms with Crippen LogP contribution in [-0.4, -0.2) is 16.9 Å². The molecule has 2 atom stereocenters. The minimum absolute atomic E-state index is 0.171. The molecule has 4 heteroatoms. The number of benzene rings is 1. The molecule has 2 saturated carbocycles. The van der Waals surface area contributed by atoms with Crippen LogP contribution in [0.3, 0.4) is 0 Å². The Kier molecular flexibility index (Phi) is 4.22. The largest absolute Gasteiger partial charge is 0.354 e. The molecular weight excluding hydrogens is 315 g/mol. The lowest BCUT2D eigenvalue weighted by Gasteiger charge is -2.17. The van der Waals surface area contributed by atoms with Gasteiger partial charge in [-0.25, -0.2) is 4.39 Å². The van der Waals surface area contributed by atoms with Crippen LogP contribution in [0.15, 0.2) is 30.5 Å². The molecule has 1 aromatic heterocycles. The number of rotatable bonds is 3. The van der Waals surface area contributed by atoms with Gasteiger partial charge in [-0.3, -0.25) is 9.78 Å². The molecule has 4 rings (SSSR count). The van der Waals surface area contributed by atoms with Crippen LogP contribution in [0.2, 0.25) is 0 Å². The number of halogens is 1. The van der Waals surface area contributed by atoms with E-state index in [0.29, 0.717) is 17.8 Å². The molecule has 2 fully saturated rings. The molecule has 2 aromatic rings. The van der Waals surface area contributed by atoms with E-state index in [1.807, 2.05) is 20.0 Å². The van der Waals surface area contributed by atoms with E-state index in [9.17, 15) is 9.18 Å². The van der Waals surface area contributed by atoms with E-state index in [0.717, 1.165) is 36.6 Å². The van der Waals surface area contributed by atoms with E-state index in [1.54, 1.807) is 12.1 Å². The predicted octanol–water partition coefficient (Wildman–Crippen LogP) is 4.42. The number of pyridine rings is 1. The topological polar surface area (TPSA) is 42.0 Å². The summed E-state index contributed by atoms with van der Waals surface area (Å²) in [6.07, 6.45) is 6.04. The van der Waals surface area contributed by atoms with E-state index in [2.05, 4.69) is 16.4 Å². The van der Waals surface area contributed by atoms with Gasteiger partial charge in [0.1, 0.15) is 5.82 Å². The van der Waals surface area contributed by atoms with E-state index >= 15 is 0 Å². The Hall–Kier alpha value is -1.97. The van der Waals surface area contributed by atoms with Crippen molar-refractivity contribution >= 4 is 16.8 Å². The van der Waals surface area contributed by atoms with Crippen molar-refractivity contribution in [1.29, 1.82) is 0 Å². The summed E-state index contributed by atoms with van der Waals surface area (Å²) in [6.45, 7) is 4.02. The van der Waals surface area contributed by atoms with E-state index in [4.69, 9.17) is 0 Å². The molecule has 0 spiro atoms. The van der Waals surface area contributed by atoms with Gasteiger partial charge in [0.2, 0.25) is 5.91 Å². The average Bonchev–Trinajstić information content (AvgIpc) is 3.12. The first-order valence-electron chi connectivity index (χ1n) is 9.36. The zero-order valence-corrected chi connectivity index (χ0v) is 14.8. The monoisotopic (exact) mass is 340 g/mol. The van der Waals surface area contributed by atoms with Crippen LogP contribution in [0, 0.1) is 23.6 Å². The second-order valence-corrected chi connectivity index (χ2v) is 8.08. The van der Waals surface area contributed by atoms with Crippen molar-refractivity contribution in [3.63, 3.8) is 0 Å². The Balaban J connectivity index is 1.51. The molecule has 1 amide bonds. The number of aromatic nitrogens is 1. The summed E-state index contributed by atoms with van der Waals surface area (Å²) >= 11 is 0. The molecule has 0 saturated heterocycles. The number of hydrogen-bond acceptors (Lipinski definition) is 2. The fraction of sp³-hybridized carbons (Fsp3) is 0.524. The first-order valence-corrected chi connectivity index (χ1v) is 9.36. The Labute approximate surface area is 148 Å². The molecule has 132 valence electrons. The van der Waals surface area contributed by atoms with Crippen LogP contribution in [0.5, 0.6) is 0 Å². The number of carbonyl (C=O) groups excluding carboxylic acids is 1. The number of carbonyl (C=O) groups is 1. The van der Waals surface area contributed by atoms with Crippen molar-refractivity contribution in [2.45, 2.75) is 51.5 Å². The van der Waals surface area contributed by atoms with Crippen LogP contribution in [0.1, 0.15) is 51.0 Å². The molecule has 3 nitrogen and oxygen atoms in total. The van der Waals surface area contributed by atoms with Crippen molar-refractivity contribution in [2.24, 2.45) is 17.8 Å². The van der Waals surface area contributed by atoms with Crippen molar-refractivity contribution in [3.8, 4) is 0 Å². The van der Waals surface area contributed by atoms with Crippen molar-refractivity contribution in [3.05, 3.63) is 41.8 Å². The molecule has 0 aliphatic heterocycles. The molecule has 1 N–H and O–H groups in total. The standard InChI is InChI=1S/C21H25FN2O/c1-12(2)24-21(25)16-9-13-7-15(8-14(13)10-16)18-5-6-23-20-4-3-17(22)11-19(18)20/h3-6,11-16H,7-10H2,1-2H3,(H,24,25). The molecule has 1 aromatic carbocycles. The van der Waals surface area contributed by atoms with E-state index in [1.165, 1.54) is 11.6 Å². The summed E-state index contributed by atoms with van der Waals surface area (Å²) in [5.41, 5.74) is 2.09. The predicted molar refractivity (Wildman–Crippen MR) is 96.7 cm³/mol. The maximum Gasteiger partial charge on any atom is 0.223 e. The minimum atomic E-state index is -0.203. The average molecular weight is 340 g/mol. The van der Waals surface area contributed by atoms with E-state index < -0.39 is 0 Å². The van der Waals surface area contributed by atoms with Crippen LogP contribution in [-0.2, 0) is 4.79 Å². The second-order valence-electron chi connectivity index (χ2n) is 8.08. The zero-order valence-electron chi connectivity index (χ0n) is 14.8.